The number of allylic oxidation sites excluding steroid dienone is 2. The van der Waals surface area contributed by atoms with E-state index in [2.05, 4.69) is 62.4 Å². The van der Waals surface area contributed by atoms with Crippen LogP contribution in [-0.4, -0.2) is 0 Å². The molecule has 0 aromatic heterocycles. The molecule has 0 nitrogen and oxygen atoms in total. The third-order valence-corrected chi connectivity index (χ3v) is 3.87. The van der Waals surface area contributed by atoms with Crippen molar-refractivity contribution in [2.45, 2.75) is 52.4 Å². The molecule has 0 N–H and O–H groups in total. The lowest BCUT2D eigenvalue weighted by Gasteiger charge is -2.09. The van der Waals surface area contributed by atoms with Gasteiger partial charge in [-0.15, -0.1) is 0 Å². The minimum Gasteiger partial charge on any atom is -0.0807 e. The van der Waals surface area contributed by atoms with Crippen LogP contribution in [-0.2, 0) is 0 Å². The second-order valence-corrected chi connectivity index (χ2v) is 5.54. The normalized spacial score (nSPS) is 12.0. The smallest absolute Gasteiger partial charge is 0.0178 e. The van der Waals surface area contributed by atoms with Gasteiger partial charge in [-0.1, -0.05) is 75.6 Å². The maximum Gasteiger partial charge on any atom is -0.0178 e. The molecule has 0 heteroatoms. The van der Waals surface area contributed by atoms with Crippen LogP contribution in [0.15, 0.2) is 48.5 Å². The number of hydrogen-bond donors (Lipinski definition) is 0. The van der Waals surface area contributed by atoms with Crippen molar-refractivity contribution >= 4 is 16.3 Å². The van der Waals surface area contributed by atoms with Crippen molar-refractivity contribution in [1.29, 1.82) is 0 Å². The van der Waals surface area contributed by atoms with E-state index in [4.69, 9.17) is 0 Å². The Morgan fingerprint density at radius 2 is 1.65 bits per heavy atom. The molecule has 0 saturated heterocycles. The summed E-state index contributed by atoms with van der Waals surface area (Å²) < 4.78 is 0. The van der Waals surface area contributed by atoms with Gasteiger partial charge in [0.05, 0.1) is 0 Å². The fourth-order valence-corrected chi connectivity index (χ4v) is 2.60. The number of benzene rings is 2. The maximum absolute atomic E-state index is 2.46. The van der Waals surface area contributed by atoms with Crippen LogP contribution >= 0.6 is 0 Å². The van der Waals surface area contributed by atoms with Gasteiger partial charge in [-0.2, -0.15) is 0 Å². The molecule has 0 saturated carbocycles. The summed E-state index contributed by atoms with van der Waals surface area (Å²) in [6.07, 6.45) is 9.99. The van der Waals surface area contributed by atoms with Gasteiger partial charge in [0, 0.05) is 0 Å². The molecule has 0 aliphatic heterocycles. The first-order chi connectivity index (χ1) is 9.85. The summed E-state index contributed by atoms with van der Waals surface area (Å²) in [5.41, 5.74) is 2.94. The molecule has 0 spiro atoms. The van der Waals surface area contributed by atoms with E-state index in [1.807, 2.05) is 0 Å². The SMILES string of the molecule is CCCC/C=C(\CCCC)c1ccc2ccccc2c1. The zero-order chi connectivity index (χ0) is 14.2. The molecule has 2 aromatic carbocycles. The minimum atomic E-state index is 1.21. The van der Waals surface area contributed by atoms with Crippen LogP contribution in [0.4, 0.5) is 0 Å². The predicted octanol–water partition coefficient (Wildman–Crippen LogP) is 6.60. The molecule has 0 amide bonds. The highest BCUT2D eigenvalue weighted by Crippen LogP contribution is 2.25. The van der Waals surface area contributed by atoms with Crippen molar-refractivity contribution in [2.75, 3.05) is 0 Å². The van der Waals surface area contributed by atoms with Crippen LogP contribution in [0, 0.1) is 0 Å². The summed E-state index contributed by atoms with van der Waals surface area (Å²) in [6.45, 7) is 4.53. The summed E-state index contributed by atoms with van der Waals surface area (Å²) in [5.74, 6) is 0. The Hall–Kier alpha value is -1.56. The maximum atomic E-state index is 2.46. The lowest BCUT2D eigenvalue weighted by atomic mass is 9.96. The van der Waals surface area contributed by atoms with Crippen molar-refractivity contribution < 1.29 is 0 Å². The van der Waals surface area contributed by atoms with Gasteiger partial charge in [0.15, 0.2) is 0 Å². The number of unbranched alkanes of at least 4 members (excludes halogenated alkanes) is 3. The summed E-state index contributed by atoms with van der Waals surface area (Å²) in [6, 6.07) is 15.5. The molecular weight excluding hydrogens is 240 g/mol. The molecule has 0 aliphatic carbocycles. The monoisotopic (exact) mass is 266 g/mol. The van der Waals surface area contributed by atoms with Crippen molar-refractivity contribution in [3.63, 3.8) is 0 Å². The topological polar surface area (TPSA) is 0 Å². The second-order valence-electron chi connectivity index (χ2n) is 5.54. The van der Waals surface area contributed by atoms with Crippen molar-refractivity contribution in [3.8, 4) is 0 Å². The molecule has 0 atom stereocenters. The van der Waals surface area contributed by atoms with Gasteiger partial charge in [0.25, 0.3) is 0 Å². The van der Waals surface area contributed by atoms with Crippen LogP contribution < -0.4 is 0 Å². The predicted molar refractivity (Wildman–Crippen MR) is 91.0 cm³/mol. The Labute approximate surface area is 123 Å². The van der Waals surface area contributed by atoms with Crippen molar-refractivity contribution in [2.24, 2.45) is 0 Å². The van der Waals surface area contributed by atoms with Crippen molar-refractivity contribution in [1.82, 2.24) is 0 Å². The lowest BCUT2D eigenvalue weighted by molar-refractivity contribution is 0.800. The molecule has 20 heavy (non-hydrogen) atoms. The number of rotatable bonds is 7. The largest absolute Gasteiger partial charge is 0.0807 e. The fraction of sp³-hybridized carbons (Fsp3) is 0.400. The molecule has 0 fully saturated rings. The second kappa shape index (κ2) is 7.89. The first-order valence-electron chi connectivity index (χ1n) is 8.03. The van der Waals surface area contributed by atoms with Gasteiger partial charge in [-0.25, -0.2) is 0 Å². The Morgan fingerprint density at radius 1 is 0.900 bits per heavy atom. The lowest BCUT2D eigenvalue weighted by Crippen LogP contribution is -1.87. The third kappa shape index (κ3) is 3.96. The Kier molecular flexibility index (Phi) is 5.86. The van der Waals surface area contributed by atoms with Gasteiger partial charge in [-0.05, 0) is 47.2 Å². The Morgan fingerprint density at radius 3 is 2.40 bits per heavy atom. The molecular formula is C20H26. The Bertz CT molecular complexity index is 563. The van der Waals surface area contributed by atoms with Gasteiger partial charge < -0.3 is 0 Å². The van der Waals surface area contributed by atoms with Gasteiger partial charge >= 0.3 is 0 Å². The van der Waals surface area contributed by atoms with Gasteiger partial charge in [0.2, 0.25) is 0 Å². The van der Waals surface area contributed by atoms with E-state index >= 15 is 0 Å². The van der Waals surface area contributed by atoms with Crippen LogP contribution in [0.3, 0.4) is 0 Å². The van der Waals surface area contributed by atoms with Crippen LogP contribution in [0.25, 0.3) is 16.3 Å². The van der Waals surface area contributed by atoms with E-state index in [9.17, 15) is 0 Å². The average Bonchev–Trinajstić information content (AvgIpc) is 2.50. The van der Waals surface area contributed by atoms with E-state index < -0.39 is 0 Å². The fourth-order valence-electron chi connectivity index (χ4n) is 2.60. The average molecular weight is 266 g/mol. The molecule has 0 unspecified atom stereocenters. The first-order valence-corrected chi connectivity index (χ1v) is 8.03. The highest BCUT2D eigenvalue weighted by atomic mass is 14.1. The minimum absolute atomic E-state index is 1.21. The quantitative estimate of drug-likeness (QED) is 0.495. The number of fused-ring (bicyclic) bond motifs is 1. The van der Waals surface area contributed by atoms with Gasteiger partial charge in [-0.3, -0.25) is 0 Å². The molecule has 2 aromatic rings. The zero-order valence-corrected chi connectivity index (χ0v) is 12.9. The van der Waals surface area contributed by atoms with E-state index in [0.29, 0.717) is 0 Å². The van der Waals surface area contributed by atoms with Crippen LogP contribution in [0.2, 0.25) is 0 Å². The highest BCUT2D eigenvalue weighted by molar-refractivity contribution is 5.86. The van der Waals surface area contributed by atoms with Gasteiger partial charge in [0.1, 0.15) is 0 Å². The summed E-state index contributed by atoms with van der Waals surface area (Å²) in [4.78, 5) is 0. The zero-order valence-electron chi connectivity index (χ0n) is 12.9. The number of hydrogen-bond acceptors (Lipinski definition) is 0. The standard InChI is InChI=1S/C20H26/c1-3-5-7-11-17(10-6-4-2)20-15-14-18-12-8-9-13-19(18)16-20/h8-9,11-16H,3-7,10H2,1-2H3/b17-11+. The third-order valence-electron chi connectivity index (χ3n) is 3.87. The Balaban J connectivity index is 2.26. The van der Waals surface area contributed by atoms with Crippen molar-refractivity contribution in [3.05, 3.63) is 54.1 Å². The molecule has 0 radical (unpaired) electrons. The summed E-state index contributed by atoms with van der Waals surface area (Å²) >= 11 is 0. The van der Waals surface area contributed by atoms with E-state index in [1.54, 1.807) is 0 Å². The summed E-state index contributed by atoms with van der Waals surface area (Å²) in [5, 5.41) is 2.68. The van der Waals surface area contributed by atoms with Crippen LogP contribution in [0.1, 0.15) is 57.9 Å². The molecule has 2 rings (SSSR count). The first kappa shape index (κ1) is 14.8. The summed E-state index contributed by atoms with van der Waals surface area (Å²) in [7, 11) is 0. The van der Waals surface area contributed by atoms with Crippen LogP contribution in [0.5, 0.6) is 0 Å². The van der Waals surface area contributed by atoms with E-state index in [-0.39, 0.29) is 0 Å². The molecule has 0 heterocycles. The molecule has 0 aliphatic rings. The molecule has 106 valence electrons. The molecule has 0 bridgehead atoms. The van der Waals surface area contributed by atoms with E-state index in [1.165, 1.54) is 60.4 Å². The van der Waals surface area contributed by atoms with E-state index in [0.717, 1.165) is 0 Å². The highest BCUT2D eigenvalue weighted by Gasteiger charge is 2.02.